The molecule has 5 aromatic rings. The van der Waals surface area contributed by atoms with Gasteiger partial charge in [0, 0.05) is 46.9 Å². The van der Waals surface area contributed by atoms with E-state index < -0.39 is 5.82 Å². The van der Waals surface area contributed by atoms with Gasteiger partial charge in [-0.3, -0.25) is 9.67 Å². The molecule has 1 aliphatic carbocycles. The molecular weight excluding hydrogens is 449 g/mol. The van der Waals surface area contributed by atoms with Crippen LogP contribution in [-0.2, 0) is 6.54 Å². The van der Waals surface area contributed by atoms with Crippen molar-refractivity contribution in [2.45, 2.75) is 52.1 Å². The van der Waals surface area contributed by atoms with E-state index in [-0.39, 0.29) is 11.6 Å². The Bertz CT molecular complexity index is 1630. The molecule has 0 spiro atoms. The Morgan fingerprint density at radius 2 is 1.89 bits per heavy atom. The van der Waals surface area contributed by atoms with Crippen LogP contribution in [0, 0.1) is 23.1 Å². The lowest BCUT2D eigenvalue weighted by Gasteiger charge is -2.15. The van der Waals surface area contributed by atoms with Crippen molar-refractivity contribution in [1.82, 2.24) is 19.3 Å². The van der Waals surface area contributed by atoms with Gasteiger partial charge in [0.1, 0.15) is 11.9 Å². The predicted octanol–water partition coefficient (Wildman–Crippen LogP) is 7.50. The average molecular weight is 478 g/mol. The van der Waals surface area contributed by atoms with E-state index in [4.69, 9.17) is 4.98 Å². The van der Waals surface area contributed by atoms with Gasteiger partial charge < -0.3 is 4.57 Å². The molecule has 1 saturated carbocycles. The van der Waals surface area contributed by atoms with Crippen LogP contribution in [0.3, 0.4) is 0 Å². The Labute approximate surface area is 209 Å². The van der Waals surface area contributed by atoms with Crippen LogP contribution in [0.4, 0.5) is 4.39 Å². The van der Waals surface area contributed by atoms with Gasteiger partial charge in [0.25, 0.3) is 0 Å². The van der Waals surface area contributed by atoms with Gasteiger partial charge in [-0.1, -0.05) is 25.0 Å². The third kappa shape index (κ3) is 3.85. The van der Waals surface area contributed by atoms with Gasteiger partial charge in [0.2, 0.25) is 0 Å². The Morgan fingerprint density at radius 3 is 2.64 bits per heavy atom. The van der Waals surface area contributed by atoms with E-state index in [1.54, 1.807) is 6.07 Å². The van der Waals surface area contributed by atoms with Crippen LogP contribution in [0.1, 0.15) is 51.1 Å². The largest absolute Gasteiger partial charge is 0.346 e. The second-order valence-corrected chi connectivity index (χ2v) is 10.2. The number of fused-ring (bicyclic) bond motifs is 2. The number of aromatic nitrogens is 4. The number of rotatable bonds is 5. The Kier molecular flexibility index (Phi) is 5.56. The number of nitriles is 1. The minimum Gasteiger partial charge on any atom is -0.346 e. The number of pyridine rings is 1. The molecule has 5 nitrogen and oxygen atoms in total. The summed E-state index contributed by atoms with van der Waals surface area (Å²) < 4.78 is 19.0. The molecule has 3 aromatic heterocycles. The minimum atomic E-state index is -0.517. The molecule has 36 heavy (non-hydrogen) atoms. The molecule has 0 radical (unpaired) electrons. The quantitative estimate of drug-likeness (QED) is 0.263. The molecule has 0 saturated heterocycles. The standard InChI is InChI=1S/C30H28FN5/c1-19(2)36-18-24-13-22(9-10-27(24)34-36)30-29(21-7-8-23(15-32)26(31)14-21)25-11-12-35(28(25)16-33-30)17-20-5-3-4-6-20/h7-14,16,18-20H,3-6,17H2,1-2H3. The van der Waals surface area contributed by atoms with Gasteiger partial charge in [-0.05, 0) is 68.5 Å². The highest BCUT2D eigenvalue weighted by Gasteiger charge is 2.20. The van der Waals surface area contributed by atoms with Gasteiger partial charge in [-0.25, -0.2) is 4.39 Å². The number of hydrogen-bond donors (Lipinski definition) is 0. The molecule has 2 aromatic carbocycles. The van der Waals surface area contributed by atoms with E-state index in [0.29, 0.717) is 5.92 Å². The SMILES string of the molecule is CC(C)n1cc2cc(-c3ncc4c(ccn4CC4CCCC4)c3-c3ccc(C#N)c(F)c3)ccc2n1. The van der Waals surface area contributed by atoms with Crippen LogP contribution < -0.4 is 0 Å². The van der Waals surface area contributed by atoms with Crippen molar-refractivity contribution in [3.8, 4) is 28.5 Å². The zero-order valence-corrected chi connectivity index (χ0v) is 20.6. The summed E-state index contributed by atoms with van der Waals surface area (Å²) in [5.74, 6) is 0.174. The lowest BCUT2D eigenvalue weighted by Crippen LogP contribution is -2.06. The summed E-state index contributed by atoms with van der Waals surface area (Å²) in [5.41, 5.74) is 5.39. The van der Waals surface area contributed by atoms with E-state index in [1.165, 1.54) is 31.7 Å². The summed E-state index contributed by atoms with van der Waals surface area (Å²) in [6.07, 6.45) is 11.3. The fourth-order valence-electron chi connectivity index (χ4n) is 5.52. The zero-order valence-electron chi connectivity index (χ0n) is 20.6. The molecule has 1 fully saturated rings. The highest BCUT2D eigenvalue weighted by molar-refractivity contribution is 6.02. The molecule has 0 bridgehead atoms. The van der Waals surface area contributed by atoms with Crippen molar-refractivity contribution in [3.05, 3.63) is 72.4 Å². The van der Waals surface area contributed by atoms with Crippen LogP contribution in [0.5, 0.6) is 0 Å². The number of halogens is 1. The topological polar surface area (TPSA) is 59.4 Å². The molecule has 0 unspecified atom stereocenters. The summed E-state index contributed by atoms with van der Waals surface area (Å²) in [5, 5.41) is 16.0. The molecule has 0 amide bonds. The molecule has 1 aliphatic rings. The fraction of sp³-hybridized carbons (Fsp3) is 0.300. The van der Waals surface area contributed by atoms with Crippen molar-refractivity contribution in [3.63, 3.8) is 0 Å². The lowest BCUT2D eigenvalue weighted by atomic mass is 9.95. The maximum absolute atomic E-state index is 14.8. The zero-order chi connectivity index (χ0) is 24.8. The summed E-state index contributed by atoms with van der Waals surface area (Å²) >= 11 is 0. The Hall–Kier alpha value is -3.98. The smallest absolute Gasteiger partial charge is 0.141 e. The lowest BCUT2D eigenvalue weighted by molar-refractivity contribution is 0.466. The number of nitrogens with zero attached hydrogens (tertiary/aromatic N) is 5. The van der Waals surface area contributed by atoms with E-state index in [2.05, 4.69) is 48.0 Å². The molecule has 6 heteroatoms. The Balaban J connectivity index is 1.54. The summed E-state index contributed by atoms with van der Waals surface area (Å²) in [6, 6.07) is 15.3. The fourth-order valence-corrected chi connectivity index (χ4v) is 5.52. The van der Waals surface area contributed by atoms with Gasteiger partial charge in [-0.2, -0.15) is 10.4 Å². The minimum absolute atomic E-state index is 0.0433. The molecule has 180 valence electrons. The van der Waals surface area contributed by atoms with Crippen LogP contribution in [0.2, 0.25) is 0 Å². The highest BCUT2D eigenvalue weighted by Crippen LogP contribution is 2.39. The van der Waals surface area contributed by atoms with Crippen molar-refractivity contribution in [2.24, 2.45) is 5.92 Å². The second-order valence-electron chi connectivity index (χ2n) is 10.2. The van der Waals surface area contributed by atoms with Crippen LogP contribution in [0.15, 0.2) is 61.1 Å². The van der Waals surface area contributed by atoms with Crippen LogP contribution >= 0.6 is 0 Å². The first kappa shape index (κ1) is 22.5. The summed E-state index contributed by atoms with van der Waals surface area (Å²) in [7, 11) is 0. The van der Waals surface area contributed by atoms with Crippen molar-refractivity contribution in [2.75, 3.05) is 0 Å². The van der Waals surface area contributed by atoms with Gasteiger partial charge in [0.05, 0.1) is 28.5 Å². The van der Waals surface area contributed by atoms with Crippen LogP contribution in [-0.4, -0.2) is 19.3 Å². The van der Waals surface area contributed by atoms with E-state index in [0.717, 1.165) is 50.7 Å². The molecule has 0 N–H and O–H groups in total. The van der Waals surface area contributed by atoms with Crippen molar-refractivity contribution in [1.29, 1.82) is 5.26 Å². The van der Waals surface area contributed by atoms with Crippen molar-refractivity contribution >= 4 is 21.8 Å². The first-order valence-electron chi connectivity index (χ1n) is 12.7. The number of hydrogen-bond acceptors (Lipinski definition) is 3. The van der Waals surface area contributed by atoms with Crippen LogP contribution in [0.25, 0.3) is 44.2 Å². The van der Waals surface area contributed by atoms with Gasteiger partial charge in [0.15, 0.2) is 0 Å². The normalized spacial score (nSPS) is 14.3. The second kappa shape index (κ2) is 8.91. The first-order valence-corrected chi connectivity index (χ1v) is 12.7. The molecule has 0 aliphatic heterocycles. The first-order chi connectivity index (χ1) is 17.5. The monoisotopic (exact) mass is 477 g/mol. The maximum Gasteiger partial charge on any atom is 0.141 e. The summed E-state index contributed by atoms with van der Waals surface area (Å²) in [4.78, 5) is 4.95. The van der Waals surface area contributed by atoms with Gasteiger partial charge in [-0.15, -0.1) is 0 Å². The number of benzene rings is 2. The maximum atomic E-state index is 14.8. The van der Waals surface area contributed by atoms with E-state index in [9.17, 15) is 9.65 Å². The highest BCUT2D eigenvalue weighted by atomic mass is 19.1. The molecule has 6 rings (SSSR count). The molecule has 0 atom stereocenters. The van der Waals surface area contributed by atoms with E-state index >= 15 is 0 Å². The van der Waals surface area contributed by atoms with Crippen molar-refractivity contribution < 1.29 is 4.39 Å². The third-order valence-electron chi connectivity index (χ3n) is 7.46. The predicted molar refractivity (Wildman–Crippen MR) is 141 cm³/mol. The third-order valence-corrected chi connectivity index (χ3v) is 7.46. The summed E-state index contributed by atoms with van der Waals surface area (Å²) in [6.45, 7) is 5.19. The van der Waals surface area contributed by atoms with Gasteiger partial charge >= 0.3 is 0 Å². The molecular formula is C30H28FN5. The van der Waals surface area contributed by atoms with E-state index in [1.807, 2.05) is 35.1 Å². The molecule has 3 heterocycles. The average Bonchev–Trinajstić information content (AvgIpc) is 3.63. The Morgan fingerprint density at radius 1 is 1.08 bits per heavy atom.